The molecule has 124 valence electrons. The second kappa shape index (κ2) is 5.52. The van der Waals surface area contributed by atoms with E-state index in [1.165, 1.54) is 0 Å². The molecule has 4 fully saturated rings. The van der Waals surface area contributed by atoms with E-state index < -0.39 is 11.0 Å². The summed E-state index contributed by atoms with van der Waals surface area (Å²) < 4.78 is 5.32. The number of carbonyl (C=O) groups excluding carboxylic acids is 2. The maximum atomic E-state index is 12.6. The van der Waals surface area contributed by atoms with E-state index in [0.29, 0.717) is 18.3 Å². The van der Waals surface area contributed by atoms with Crippen LogP contribution in [0.25, 0.3) is 0 Å². The first kappa shape index (κ1) is 15.8. The average molecular weight is 309 g/mol. The number of aliphatic hydroxyl groups is 1. The Morgan fingerprint density at radius 1 is 1.27 bits per heavy atom. The van der Waals surface area contributed by atoms with Crippen molar-refractivity contribution >= 4 is 11.9 Å². The largest absolute Gasteiger partial charge is 0.455 e. The summed E-state index contributed by atoms with van der Waals surface area (Å²) in [5.41, 5.74) is -1.22. The lowest BCUT2D eigenvalue weighted by atomic mass is 9.48. The van der Waals surface area contributed by atoms with Crippen LogP contribution in [0.3, 0.4) is 0 Å². The first-order valence-corrected chi connectivity index (χ1v) is 8.53. The molecule has 0 saturated heterocycles. The minimum atomic E-state index is -0.678. The highest BCUT2D eigenvalue weighted by Crippen LogP contribution is 2.61. The van der Waals surface area contributed by atoms with Crippen LogP contribution in [-0.2, 0) is 14.3 Å². The van der Waals surface area contributed by atoms with Gasteiger partial charge in [-0.3, -0.25) is 9.59 Å². The number of nitrogens with one attached hydrogen (secondary N) is 1. The van der Waals surface area contributed by atoms with Gasteiger partial charge in [-0.1, -0.05) is 6.92 Å². The van der Waals surface area contributed by atoms with E-state index in [0.717, 1.165) is 38.5 Å². The van der Waals surface area contributed by atoms with Gasteiger partial charge in [-0.25, -0.2) is 0 Å². The second-order valence-corrected chi connectivity index (χ2v) is 7.92. The van der Waals surface area contributed by atoms with Crippen LogP contribution < -0.4 is 5.32 Å². The zero-order valence-corrected chi connectivity index (χ0v) is 13.6. The van der Waals surface area contributed by atoms with Gasteiger partial charge >= 0.3 is 5.97 Å². The monoisotopic (exact) mass is 309 g/mol. The molecule has 2 N–H and O–H groups in total. The minimum Gasteiger partial charge on any atom is -0.455 e. The predicted octanol–water partition coefficient (Wildman–Crippen LogP) is 1.78. The van der Waals surface area contributed by atoms with Crippen molar-refractivity contribution in [1.82, 2.24) is 5.32 Å². The molecular formula is C17H27NO4. The van der Waals surface area contributed by atoms with E-state index in [1.807, 2.05) is 13.8 Å². The van der Waals surface area contributed by atoms with Crippen LogP contribution >= 0.6 is 0 Å². The summed E-state index contributed by atoms with van der Waals surface area (Å²) in [6, 6.07) is 0.0893. The van der Waals surface area contributed by atoms with Gasteiger partial charge in [0.05, 0.1) is 11.0 Å². The fourth-order valence-electron chi connectivity index (χ4n) is 5.16. The van der Waals surface area contributed by atoms with Crippen molar-refractivity contribution in [2.75, 3.05) is 6.61 Å². The normalized spacial score (nSPS) is 40.3. The maximum Gasteiger partial charge on any atom is 0.312 e. The Bertz CT molecular complexity index is 461. The van der Waals surface area contributed by atoms with E-state index in [9.17, 15) is 14.7 Å². The van der Waals surface area contributed by atoms with Crippen molar-refractivity contribution in [3.8, 4) is 0 Å². The lowest BCUT2D eigenvalue weighted by molar-refractivity contribution is -0.196. The number of esters is 1. The predicted molar refractivity (Wildman–Crippen MR) is 80.9 cm³/mol. The molecule has 0 aromatic carbocycles. The fraction of sp³-hybridized carbons (Fsp3) is 0.882. The molecule has 0 radical (unpaired) electrons. The zero-order valence-electron chi connectivity index (χ0n) is 13.6. The smallest absolute Gasteiger partial charge is 0.312 e. The van der Waals surface area contributed by atoms with Crippen LogP contribution in [0.1, 0.15) is 58.8 Å². The molecule has 4 bridgehead atoms. The molecule has 0 spiro atoms. The topological polar surface area (TPSA) is 75.6 Å². The van der Waals surface area contributed by atoms with Crippen LogP contribution in [0.4, 0.5) is 0 Å². The summed E-state index contributed by atoms with van der Waals surface area (Å²) in [7, 11) is 0. The molecular weight excluding hydrogens is 282 g/mol. The van der Waals surface area contributed by atoms with E-state index in [2.05, 4.69) is 5.32 Å². The summed E-state index contributed by atoms with van der Waals surface area (Å²) in [4.78, 5) is 24.4. The van der Waals surface area contributed by atoms with Crippen molar-refractivity contribution in [3.05, 3.63) is 0 Å². The summed E-state index contributed by atoms with van der Waals surface area (Å²) >= 11 is 0. The lowest BCUT2D eigenvalue weighted by Gasteiger charge is -2.58. The fourth-order valence-corrected chi connectivity index (χ4v) is 5.16. The van der Waals surface area contributed by atoms with Gasteiger partial charge in [-0.05, 0) is 63.7 Å². The molecule has 0 aliphatic heterocycles. The molecule has 5 nitrogen and oxygen atoms in total. The number of carbonyl (C=O) groups is 2. The number of hydrogen-bond donors (Lipinski definition) is 2. The molecule has 4 saturated carbocycles. The molecule has 0 heterocycles. The molecule has 4 aliphatic carbocycles. The first-order chi connectivity index (χ1) is 10.3. The number of hydrogen-bond acceptors (Lipinski definition) is 4. The van der Waals surface area contributed by atoms with Gasteiger partial charge in [0.1, 0.15) is 0 Å². The highest BCUT2D eigenvalue weighted by Gasteiger charge is 2.60. The SMILES string of the molecule is CC[C@H](C)NC(=O)COC(=O)C12C[C@@H]3C[C@@H](CC(O)(C3)C1)C2. The molecule has 4 rings (SSSR count). The second-order valence-electron chi connectivity index (χ2n) is 7.92. The summed E-state index contributed by atoms with van der Waals surface area (Å²) in [5.74, 6) is 0.353. The quantitative estimate of drug-likeness (QED) is 0.759. The van der Waals surface area contributed by atoms with Gasteiger partial charge in [-0.15, -0.1) is 0 Å². The maximum absolute atomic E-state index is 12.6. The summed E-state index contributed by atoms with van der Waals surface area (Å²) in [6.45, 7) is 3.71. The third-order valence-corrected chi connectivity index (χ3v) is 5.82. The lowest BCUT2D eigenvalue weighted by Crippen LogP contribution is -2.58. The van der Waals surface area contributed by atoms with E-state index >= 15 is 0 Å². The summed E-state index contributed by atoms with van der Waals surface area (Å²) in [5, 5.41) is 13.5. The standard InChI is InChI=1S/C17H27NO4/c1-3-11(2)18-14(19)9-22-15(20)16-5-12-4-13(6-16)8-17(21,7-12)10-16/h11-13,21H,3-10H2,1-2H3,(H,18,19)/t11-,12-,13+,16?,17?/m0/s1. The molecule has 2 unspecified atom stereocenters. The van der Waals surface area contributed by atoms with Crippen LogP contribution in [0.2, 0.25) is 0 Å². The third kappa shape index (κ3) is 2.87. The molecule has 5 atom stereocenters. The summed E-state index contributed by atoms with van der Waals surface area (Å²) in [6.07, 6.45) is 5.78. The van der Waals surface area contributed by atoms with Crippen LogP contribution in [-0.4, -0.2) is 35.2 Å². The van der Waals surface area contributed by atoms with Crippen molar-refractivity contribution < 1.29 is 19.4 Å². The van der Waals surface area contributed by atoms with Gasteiger partial charge in [0.15, 0.2) is 6.61 Å². The minimum absolute atomic E-state index is 0.0893. The number of amides is 1. The van der Waals surface area contributed by atoms with Crippen LogP contribution in [0.15, 0.2) is 0 Å². The molecule has 22 heavy (non-hydrogen) atoms. The van der Waals surface area contributed by atoms with E-state index in [4.69, 9.17) is 4.74 Å². The number of ether oxygens (including phenoxy) is 1. The average Bonchev–Trinajstić information content (AvgIpc) is 2.41. The highest BCUT2D eigenvalue weighted by molar-refractivity contribution is 5.83. The van der Waals surface area contributed by atoms with Gasteiger partial charge < -0.3 is 15.2 Å². The Balaban J connectivity index is 1.59. The number of rotatable bonds is 5. The van der Waals surface area contributed by atoms with Crippen LogP contribution in [0, 0.1) is 17.3 Å². The van der Waals surface area contributed by atoms with Gasteiger partial charge in [0.25, 0.3) is 5.91 Å². The van der Waals surface area contributed by atoms with Crippen molar-refractivity contribution in [1.29, 1.82) is 0 Å². The molecule has 4 aliphatic rings. The third-order valence-electron chi connectivity index (χ3n) is 5.82. The van der Waals surface area contributed by atoms with Gasteiger partial charge in [-0.2, -0.15) is 0 Å². The highest BCUT2D eigenvalue weighted by atomic mass is 16.5. The van der Waals surface area contributed by atoms with Gasteiger partial charge in [0, 0.05) is 6.04 Å². The molecule has 5 heteroatoms. The Kier molecular flexibility index (Phi) is 3.96. The van der Waals surface area contributed by atoms with Crippen LogP contribution in [0.5, 0.6) is 0 Å². The van der Waals surface area contributed by atoms with E-state index in [1.54, 1.807) is 0 Å². The Morgan fingerprint density at radius 2 is 1.91 bits per heavy atom. The Labute approximate surface area is 131 Å². The van der Waals surface area contributed by atoms with Crippen molar-refractivity contribution in [2.45, 2.75) is 70.4 Å². The van der Waals surface area contributed by atoms with Crippen molar-refractivity contribution in [3.63, 3.8) is 0 Å². The zero-order chi connectivity index (χ0) is 16.0. The molecule has 0 aromatic heterocycles. The van der Waals surface area contributed by atoms with E-state index in [-0.39, 0.29) is 24.5 Å². The molecule has 0 aromatic rings. The first-order valence-electron chi connectivity index (χ1n) is 8.53. The van der Waals surface area contributed by atoms with Crippen molar-refractivity contribution in [2.24, 2.45) is 17.3 Å². The molecule has 1 amide bonds. The van der Waals surface area contributed by atoms with Gasteiger partial charge in [0.2, 0.25) is 0 Å². The Morgan fingerprint density at radius 3 is 2.45 bits per heavy atom. The Hall–Kier alpha value is -1.10.